The average Bonchev–Trinajstić information content (AvgIpc) is 3.12. The maximum atomic E-state index is 12.1. The van der Waals surface area contributed by atoms with Gasteiger partial charge in [0.1, 0.15) is 11.6 Å². The smallest absolute Gasteiger partial charge is 0.348 e. The molecule has 0 radical (unpaired) electrons. The number of hydrogen-bond donors (Lipinski definition) is 0. The van der Waals surface area contributed by atoms with Crippen molar-refractivity contribution >= 4 is 34.2 Å². The largest absolute Gasteiger partial charge is 0.465 e. The van der Waals surface area contributed by atoms with Crippen LogP contribution in [0.15, 0.2) is 22.2 Å². The van der Waals surface area contributed by atoms with Crippen LogP contribution in [0.25, 0.3) is 6.08 Å². The molecule has 1 atom stereocenters. The first-order chi connectivity index (χ1) is 10.5. The number of hydrogen-bond acceptors (Lipinski definition) is 8. The number of carbonyl (C=O) groups is 1. The second-order valence-corrected chi connectivity index (χ2v) is 6.38. The summed E-state index contributed by atoms with van der Waals surface area (Å²) in [5.74, 6) is -0.440. The fraction of sp³-hybridized carbons (Fsp3) is 0.250. The molecule has 0 aromatic carbocycles. The van der Waals surface area contributed by atoms with Gasteiger partial charge in [0.25, 0.3) is 0 Å². The minimum absolute atomic E-state index is 0.0884. The van der Waals surface area contributed by atoms with Crippen LogP contribution in [-0.4, -0.2) is 37.5 Å². The van der Waals surface area contributed by atoms with Gasteiger partial charge in [-0.05, 0) is 33.5 Å². The van der Waals surface area contributed by atoms with Crippen molar-refractivity contribution < 1.29 is 13.7 Å². The summed E-state index contributed by atoms with van der Waals surface area (Å²) in [6, 6.07) is 3.54. The number of nitrogens with zero attached hydrogens (tertiary/aromatic N) is 5. The quantitative estimate of drug-likeness (QED) is 0.447. The van der Waals surface area contributed by atoms with Crippen LogP contribution in [0, 0.1) is 11.3 Å². The highest BCUT2D eigenvalue weighted by Crippen LogP contribution is 2.20. The van der Waals surface area contributed by atoms with E-state index in [-0.39, 0.29) is 16.5 Å². The first kappa shape index (κ1) is 16.0. The highest BCUT2D eigenvalue weighted by atomic mass is 32.2. The predicted octanol–water partition coefficient (Wildman–Crippen LogP) is 0.659. The van der Waals surface area contributed by atoms with Crippen LogP contribution in [0.2, 0.25) is 0 Å². The molecule has 2 rings (SSSR count). The molecule has 0 fully saturated rings. The van der Waals surface area contributed by atoms with Gasteiger partial charge in [0.15, 0.2) is 0 Å². The molecule has 8 nitrogen and oxygen atoms in total. The summed E-state index contributed by atoms with van der Waals surface area (Å²) in [6.45, 7) is 0. The van der Waals surface area contributed by atoms with E-state index in [1.54, 1.807) is 24.6 Å². The summed E-state index contributed by atoms with van der Waals surface area (Å²) in [4.78, 5) is 12.0. The van der Waals surface area contributed by atoms with Crippen molar-refractivity contribution in [3.05, 3.63) is 27.5 Å². The number of ether oxygens (including phenoxy) is 1. The molecule has 0 spiro atoms. The Balaban J connectivity index is 2.14. The molecule has 10 heteroatoms. The van der Waals surface area contributed by atoms with Crippen LogP contribution in [0.3, 0.4) is 0 Å². The number of tetrazole rings is 1. The van der Waals surface area contributed by atoms with E-state index < -0.39 is 16.8 Å². The third kappa shape index (κ3) is 3.63. The van der Waals surface area contributed by atoms with E-state index in [0.717, 1.165) is 5.56 Å². The van der Waals surface area contributed by atoms with Crippen molar-refractivity contribution in [2.75, 3.05) is 7.11 Å². The van der Waals surface area contributed by atoms with E-state index in [9.17, 15) is 9.00 Å². The molecule has 114 valence electrons. The van der Waals surface area contributed by atoms with Crippen molar-refractivity contribution in [3.63, 3.8) is 0 Å². The summed E-state index contributed by atoms with van der Waals surface area (Å²) < 4.78 is 18.0. The number of aromatic nitrogens is 4. The van der Waals surface area contributed by atoms with Gasteiger partial charge in [0, 0.05) is 11.9 Å². The number of aryl methyl sites for hydroxylation is 1. The maximum absolute atomic E-state index is 12.1. The molecule has 0 saturated carbocycles. The first-order valence-corrected chi connectivity index (χ1v) is 8.13. The van der Waals surface area contributed by atoms with Crippen molar-refractivity contribution in [3.8, 4) is 6.07 Å². The molecule has 22 heavy (non-hydrogen) atoms. The van der Waals surface area contributed by atoms with E-state index in [0.29, 0.717) is 4.88 Å². The Morgan fingerprint density at radius 1 is 1.64 bits per heavy atom. The fourth-order valence-corrected chi connectivity index (χ4v) is 3.57. The summed E-state index contributed by atoms with van der Waals surface area (Å²) in [6.07, 6.45) is 1.44. The van der Waals surface area contributed by atoms with Gasteiger partial charge in [-0.25, -0.2) is 9.48 Å². The van der Waals surface area contributed by atoms with Crippen molar-refractivity contribution in [2.45, 2.75) is 10.9 Å². The molecule has 0 aliphatic carbocycles. The SMILES string of the molecule is COC(=O)C(C#N)=Cc1cc(CS(=O)c2nnnn2C)cs1. The highest BCUT2D eigenvalue weighted by molar-refractivity contribution is 7.84. The lowest BCUT2D eigenvalue weighted by atomic mass is 10.2. The number of rotatable bonds is 5. The summed E-state index contributed by atoms with van der Waals surface area (Å²) >= 11 is 1.34. The van der Waals surface area contributed by atoms with E-state index >= 15 is 0 Å². The van der Waals surface area contributed by atoms with Gasteiger partial charge in [-0.3, -0.25) is 4.21 Å². The van der Waals surface area contributed by atoms with Crippen LogP contribution >= 0.6 is 11.3 Å². The van der Waals surface area contributed by atoms with Crippen LogP contribution < -0.4 is 0 Å². The number of nitriles is 1. The minimum atomic E-state index is -1.37. The van der Waals surface area contributed by atoms with Gasteiger partial charge in [0.2, 0.25) is 5.16 Å². The van der Waals surface area contributed by atoms with Gasteiger partial charge >= 0.3 is 5.97 Å². The third-order valence-corrected chi connectivity index (χ3v) is 4.85. The highest BCUT2D eigenvalue weighted by Gasteiger charge is 2.14. The van der Waals surface area contributed by atoms with Crippen molar-refractivity contribution in [1.29, 1.82) is 5.26 Å². The molecule has 0 amide bonds. The molecule has 2 heterocycles. The minimum Gasteiger partial charge on any atom is -0.465 e. The van der Waals surface area contributed by atoms with E-state index in [1.807, 2.05) is 0 Å². The molecule has 0 aliphatic heterocycles. The normalized spacial score (nSPS) is 12.7. The van der Waals surface area contributed by atoms with E-state index in [2.05, 4.69) is 20.3 Å². The predicted molar refractivity (Wildman–Crippen MR) is 78.8 cm³/mol. The fourth-order valence-electron chi connectivity index (χ4n) is 1.56. The van der Waals surface area contributed by atoms with E-state index in [1.165, 1.54) is 29.2 Å². The Bertz CT molecular complexity index is 787. The summed E-state index contributed by atoms with van der Waals surface area (Å²) in [5, 5.41) is 21.8. The molecule has 2 aromatic rings. The molecule has 0 aliphatic rings. The van der Waals surface area contributed by atoms with Gasteiger partial charge in [-0.15, -0.1) is 11.3 Å². The number of carbonyl (C=O) groups excluding carboxylic acids is 1. The summed E-state index contributed by atoms with van der Waals surface area (Å²) in [5.41, 5.74) is 0.717. The Kier molecular flexibility index (Phi) is 5.13. The lowest BCUT2D eigenvalue weighted by molar-refractivity contribution is -0.135. The Hall–Kier alpha value is -2.38. The van der Waals surface area contributed by atoms with Crippen LogP contribution in [-0.2, 0) is 33.1 Å². The number of methoxy groups -OCH3 is 1. The van der Waals surface area contributed by atoms with Crippen LogP contribution in [0.1, 0.15) is 10.4 Å². The molecule has 1 unspecified atom stereocenters. The van der Waals surface area contributed by atoms with Crippen LogP contribution in [0.5, 0.6) is 0 Å². The van der Waals surface area contributed by atoms with Crippen molar-refractivity contribution in [2.24, 2.45) is 7.05 Å². The van der Waals surface area contributed by atoms with Gasteiger partial charge in [-0.2, -0.15) is 5.26 Å². The number of esters is 1. The van der Waals surface area contributed by atoms with E-state index in [4.69, 9.17) is 5.26 Å². The summed E-state index contributed by atoms with van der Waals surface area (Å²) in [7, 11) is 1.46. The molecule has 0 N–H and O–H groups in total. The zero-order chi connectivity index (χ0) is 16.1. The zero-order valence-electron chi connectivity index (χ0n) is 11.7. The van der Waals surface area contributed by atoms with Gasteiger partial charge in [-0.1, -0.05) is 5.10 Å². The topological polar surface area (TPSA) is 111 Å². The molecule has 0 bridgehead atoms. The second-order valence-electron chi connectivity index (χ2n) is 4.09. The number of thiophene rings is 1. The average molecular weight is 337 g/mol. The Morgan fingerprint density at radius 3 is 3.00 bits per heavy atom. The standard InChI is InChI=1S/C12H11N5O3S2/c1-17-12(14-15-16-17)22(19)7-8-3-10(21-6-8)4-9(5-13)11(18)20-2/h3-4,6H,7H2,1-2H3. The third-order valence-electron chi connectivity index (χ3n) is 2.57. The maximum Gasteiger partial charge on any atom is 0.348 e. The molecular weight excluding hydrogens is 326 g/mol. The van der Waals surface area contributed by atoms with Crippen molar-refractivity contribution in [1.82, 2.24) is 20.2 Å². The van der Waals surface area contributed by atoms with Crippen LogP contribution in [0.4, 0.5) is 0 Å². The van der Waals surface area contributed by atoms with Gasteiger partial charge in [0.05, 0.1) is 23.7 Å². The zero-order valence-corrected chi connectivity index (χ0v) is 13.3. The Labute approximate surface area is 132 Å². The molecule has 2 aromatic heterocycles. The lowest BCUT2D eigenvalue weighted by Gasteiger charge is -1.97. The lowest BCUT2D eigenvalue weighted by Crippen LogP contribution is -2.04. The van der Waals surface area contributed by atoms with Gasteiger partial charge < -0.3 is 4.74 Å². The second kappa shape index (κ2) is 7.06. The molecular formula is C12H11N5O3S2. The Morgan fingerprint density at radius 2 is 2.41 bits per heavy atom. The first-order valence-electron chi connectivity index (χ1n) is 5.93. The monoisotopic (exact) mass is 337 g/mol. The molecule has 0 saturated heterocycles.